The number of allylic oxidation sites excluding steroid dienone is 1. The van der Waals surface area contributed by atoms with E-state index in [1.54, 1.807) is 31.0 Å². The van der Waals surface area contributed by atoms with Crippen LogP contribution in [-0.2, 0) is 9.59 Å². The summed E-state index contributed by atoms with van der Waals surface area (Å²) in [7, 11) is 5.11. The fourth-order valence-corrected chi connectivity index (χ4v) is 3.07. The maximum atomic E-state index is 12.4. The molecule has 1 aromatic rings. The second-order valence-electron chi connectivity index (χ2n) is 6.59. The molecule has 0 aliphatic carbocycles. The summed E-state index contributed by atoms with van der Waals surface area (Å²) in [6, 6.07) is 5.60. The number of nitrogens with zero attached hydrogens (tertiary/aromatic N) is 2. The van der Waals surface area contributed by atoms with E-state index in [9.17, 15) is 9.59 Å². The van der Waals surface area contributed by atoms with E-state index in [-0.39, 0.29) is 24.3 Å². The number of likely N-dealkylation sites (tertiary alicyclic amines) is 1. The van der Waals surface area contributed by atoms with Crippen LogP contribution in [0.25, 0.3) is 6.08 Å². The van der Waals surface area contributed by atoms with Crippen LogP contribution in [0.15, 0.2) is 24.3 Å². The standard InChI is InChI=1S/C20H28N2O4/c1-5-6-15-7-8-17(18(13-15)25-4)26-14-19(23)22-11-9-16(10-12-22)20(24)21(2)3/h5-8,13,16H,9-12,14H2,1-4H3. The summed E-state index contributed by atoms with van der Waals surface area (Å²) in [6.07, 6.45) is 5.31. The van der Waals surface area contributed by atoms with E-state index in [0.717, 1.165) is 5.56 Å². The molecule has 6 nitrogen and oxygen atoms in total. The van der Waals surface area contributed by atoms with Gasteiger partial charge >= 0.3 is 0 Å². The molecule has 6 heteroatoms. The summed E-state index contributed by atoms with van der Waals surface area (Å²) in [6.45, 7) is 3.09. The number of ether oxygens (including phenoxy) is 2. The first-order chi connectivity index (χ1) is 12.5. The Morgan fingerprint density at radius 2 is 1.92 bits per heavy atom. The van der Waals surface area contributed by atoms with Crippen molar-refractivity contribution in [2.75, 3.05) is 40.9 Å². The maximum absolute atomic E-state index is 12.4. The highest BCUT2D eigenvalue weighted by molar-refractivity contribution is 5.80. The van der Waals surface area contributed by atoms with Crippen molar-refractivity contribution in [1.82, 2.24) is 9.80 Å². The third-order valence-corrected chi connectivity index (χ3v) is 4.54. The van der Waals surface area contributed by atoms with Gasteiger partial charge in [-0.05, 0) is 37.5 Å². The highest BCUT2D eigenvalue weighted by Gasteiger charge is 2.28. The van der Waals surface area contributed by atoms with Gasteiger partial charge in [0.1, 0.15) is 0 Å². The second-order valence-corrected chi connectivity index (χ2v) is 6.59. The van der Waals surface area contributed by atoms with Gasteiger partial charge in [-0.3, -0.25) is 9.59 Å². The Morgan fingerprint density at radius 1 is 1.23 bits per heavy atom. The number of methoxy groups -OCH3 is 1. The Labute approximate surface area is 155 Å². The van der Waals surface area contributed by atoms with Crippen molar-refractivity contribution in [1.29, 1.82) is 0 Å². The van der Waals surface area contributed by atoms with Crippen molar-refractivity contribution in [2.24, 2.45) is 5.92 Å². The van der Waals surface area contributed by atoms with Crippen molar-refractivity contribution in [3.63, 3.8) is 0 Å². The molecule has 0 radical (unpaired) electrons. The lowest BCUT2D eigenvalue weighted by Crippen LogP contribution is -2.44. The average molecular weight is 360 g/mol. The first-order valence-corrected chi connectivity index (χ1v) is 8.88. The summed E-state index contributed by atoms with van der Waals surface area (Å²) < 4.78 is 11.0. The van der Waals surface area contributed by atoms with Gasteiger partial charge in [-0.1, -0.05) is 18.2 Å². The molecule has 1 saturated heterocycles. The van der Waals surface area contributed by atoms with Crippen molar-refractivity contribution in [3.8, 4) is 11.5 Å². The van der Waals surface area contributed by atoms with E-state index < -0.39 is 0 Å². The minimum Gasteiger partial charge on any atom is -0.493 e. The van der Waals surface area contributed by atoms with E-state index in [1.807, 2.05) is 37.3 Å². The van der Waals surface area contributed by atoms with E-state index in [1.165, 1.54) is 0 Å². The summed E-state index contributed by atoms with van der Waals surface area (Å²) in [4.78, 5) is 27.8. The van der Waals surface area contributed by atoms with Crippen molar-refractivity contribution >= 4 is 17.9 Å². The molecule has 0 N–H and O–H groups in total. The molecular weight excluding hydrogens is 332 g/mol. The molecule has 0 bridgehead atoms. The lowest BCUT2D eigenvalue weighted by Gasteiger charge is -2.32. The van der Waals surface area contributed by atoms with Gasteiger partial charge in [-0.2, -0.15) is 0 Å². The predicted molar refractivity (Wildman–Crippen MR) is 101 cm³/mol. The van der Waals surface area contributed by atoms with Gasteiger partial charge in [0.15, 0.2) is 18.1 Å². The first kappa shape index (κ1) is 19.8. The molecule has 0 unspecified atom stereocenters. The zero-order valence-electron chi connectivity index (χ0n) is 16.0. The number of rotatable bonds is 6. The number of carbonyl (C=O) groups excluding carboxylic acids is 2. The number of benzene rings is 1. The number of carbonyl (C=O) groups is 2. The highest BCUT2D eigenvalue weighted by atomic mass is 16.5. The molecule has 26 heavy (non-hydrogen) atoms. The second kappa shape index (κ2) is 9.27. The number of hydrogen-bond acceptors (Lipinski definition) is 4. The van der Waals surface area contributed by atoms with E-state index in [0.29, 0.717) is 37.4 Å². The average Bonchev–Trinajstić information content (AvgIpc) is 2.66. The Morgan fingerprint density at radius 3 is 2.50 bits per heavy atom. The minimum absolute atomic E-state index is 0.00854. The number of hydrogen-bond donors (Lipinski definition) is 0. The van der Waals surface area contributed by atoms with E-state index >= 15 is 0 Å². The van der Waals surface area contributed by atoms with Gasteiger partial charge < -0.3 is 19.3 Å². The lowest BCUT2D eigenvalue weighted by molar-refractivity contribution is -0.140. The molecule has 0 aromatic heterocycles. The van der Waals surface area contributed by atoms with Crippen LogP contribution in [-0.4, -0.2) is 62.5 Å². The molecule has 1 aromatic carbocycles. The largest absolute Gasteiger partial charge is 0.493 e. The van der Waals surface area contributed by atoms with Gasteiger partial charge in [-0.15, -0.1) is 0 Å². The zero-order valence-corrected chi connectivity index (χ0v) is 16.0. The summed E-state index contributed by atoms with van der Waals surface area (Å²) in [5, 5.41) is 0. The van der Waals surface area contributed by atoms with E-state index in [4.69, 9.17) is 9.47 Å². The van der Waals surface area contributed by atoms with Gasteiger partial charge in [0.2, 0.25) is 5.91 Å². The van der Waals surface area contributed by atoms with Crippen LogP contribution in [0.1, 0.15) is 25.3 Å². The molecule has 0 atom stereocenters. The Hall–Kier alpha value is -2.50. The van der Waals surface area contributed by atoms with Crippen LogP contribution in [0.4, 0.5) is 0 Å². The fraction of sp³-hybridized carbons (Fsp3) is 0.500. The van der Waals surface area contributed by atoms with Crippen molar-refractivity contribution in [2.45, 2.75) is 19.8 Å². The number of amides is 2. The molecule has 1 aliphatic heterocycles. The van der Waals surface area contributed by atoms with Crippen LogP contribution in [0.5, 0.6) is 11.5 Å². The molecule has 1 fully saturated rings. The maximum Gasteiger partial charge on any atom is 0.260 e. The van der Waals surface area contributed by atoms with Gasteiger partial charge in [-0.25, -0.2) is 0 Å². The molecular formula is C20H28N2O4. The molecule has 1 aliphatic rings. The third kappa shape index (κ3) is 5.00. The van der Waals surface area contributed by atoms with Gasteiger partial charge in [0, 0.05) is 33.1 Å². The summed E-state index contributed by atoms with van der Waals surface area (Å²) in [5.41, 5.74) is 1.01. The van der Waals surface area contributed by atoms with Crippen LogP contribution in [0.3, 0.4) is 0 Å². The number of piperidine rings is 1. The van der Waals surface area contributed by atoms with Gasteiger partial charge in [0.05, 0.1) is 7.11 Å². The Kier molecular flexibility index (Phi) is 7.06. The quantitative estimate of drug-likeness (QED) is 0.782. The normalized spacial score (nSPS) is 15.2. The molecule has 2 rings (SSSR count). The Balaban J connectivity index is 1.89. The predicted octanol–water partition coefficient (Wildman–Crippen LogP) is 2.43. The van der Waals surface area contributed by atoms with Crippen molar-refractivity contribution < 1.29 is 19.1 Å². The van der Waals surface area contributed by atoms with Gasteiger partial charge in [0.25, 0.3) is 5.91 Å². The molecule has 2 amide bonds. The molecule has 0 saturated carbocycles. The smallest absolute Gasteiger partial charge is 0.260 e. The lowest BCUT2D eigenvalue weighted by atomic mass is 9.95. The monoisotopic (exact) mass is 360 g/mol. The molecule has 142 valence electrons. The summed E-state index contributed by atoms with van der Waals surface area (Å²) in [5.74, 6) is 1.23. The van der Waals surface area contributed by atoms with Crippen LogP contribution in [0, 0.1) is 5.92 Å². The Bertz CT molecular complexity index is 662. The fourth-order valence-electron chi connectivity index (χ4n) is 3.07. The SMILES string of the molecule is CC=Cc1ccc(OCC(=O)N2CCC(C(=O)N(C)C)CC2)c(OC)c1. The topological polar surface area (TPSA) is 59.1 Å². The van der Waals surface area contributed by atoms with Crippen LogP contribution < -0.4 is 9.47 Å². The molecule has 0 spiro atoms. The van der Waals surface area contributed by atoms with E-state index in [2.05, 4.69) is 0 Å². The summed E-state index contributed by atoms with van der Waals surface area (Å²) >= 11 is 0. The minimum atomic E-state index is -0.0691. The highest BCUT2D eigenvalue weighted by Crippen LogP contribution is 2.28. The third-order valence-electron chi connectivity index (χ3n) is 4.54. The first-order valence-electron chi connectivity index (χ1n) is 8.88. The van der Waals surface area contributed by atoms with Crippen molar-refractivity contribution in [3.05, 3.63) is 29.8 Å². The van der Waals surface area contributed by atoms with Crippen LogP contribution >= 0.6 is 0 Å². The molecule has 1 heterocycles. The zero-order chi connectivity index (χ0) is 19.1. The van der Waals surface area contributed by atoms with Crippen LogP contribution in [0.2, 0.25) is 0 Å².